The number of carbonyl (C=O) groups is 4. The molecule has 0 amide bonds. The molecule has 0 unspecified atom stereocenters. The van der Waals surface area contributed by atoms with E-state index in [-0.39, 0.29) is 83.6 Å². The number of Topliss-reactive ketones (excluding diaryl/α,β-unsaturated/α-hetero) is 4. The molecular weight excluding hydrogens is 769 g/mol. The van der Waals surface area contributed by atoms with Crippen molar-refractivity contribution in [2.24, 2.45) is 0 Å². The summed E-state index contributed by atoms with van der Waals surface area (Å²) in [6.07, 6.45) is 0. The van der Waals surface area contributed by atoms with Crippen molar-refractivity contribution in [3.05, 3.63) is 46.0 Å². The van der Waals surface area contributed by atoms with Gasteiger partial charge in [0.25, 0.3) is 0 Å². The minimum absolute atomic E-state index is 0. The molecule has 0 radical (unpaired) electrons. The Morgan fingerprint density at radius 1 is 0.422 bits per heavy atom. The summed E-state index contributed by atoms with van der Waals surface area (Å²) < 4.78 is 0. The predicted octanol–water partition coefficient (Wildman–Crippen LogP) is -4.45. The largest absolute Gasteiger partial charge is 3.00 e. The van der Waals surface area contributed by atoms with Gasteiger partial charge in [-0.1, -0.05) is 0 Å². The zero-order chi connectivity index (χ0) is 31.8. The van der Waals surface area contributed by atoms with Crippen molar-refractivity contribution in [1.82, 2.24) is 19.6 Å². The molecule has 24 nitrogen and oxygen atoms in total. The number of ketones is 4. The molecule has 270 valence electrons. The second-order valence-electron chi connectivity index (χ2n) is 8.58. The van der Waals surface area contributed by atoms with E-state index in [9.17, 15) is 19.2 Å². The van der Waals surface area contributed by atoms with Gasteiger partial charge < -0.3 is 67.9 Å². The van der Waals surface area contributed by atoms with Crippen LogP contribution in [0, 0.1) is 84.6 Å². The van der Waals surface area contributed by atoms with Crippen LogP contribution in [0.5, 0.6) is 0 Å². The van der Waals surface area contributed by atoms with E-state index in [1.807, 2.05) is 0 Å². The summed E-state index contributed by atoms with van der Waals surface area (Å²) in [5, 5.41) is 44.2. The minimum Gasteiger partial charge on any atom is -0.412 e. The number of rotatable bonds is 8. The molecule has 45 heavy (non-hydrogen) atoms. The SMILES string of the molecule is CC(=O)CN1CCN(CC(C)=O)CCN(CC(C)=O)CCN(CC(C)=O)CC1.O.O.O.O.O=[N+]([O-])[O-].O=[N+]([O-])[O-].O=[N+]([O-])[O-].[Tb+3]. The van der Waals surface area contributed by atoms with E-state index in [4.69, 9.17) is 46.0 Å². The molecule has 1 aliphatic rings. The first-order chi connectivity index (χ1) is 18.3. The summed E-state index contributed by atoms with van der Waals surface area (Å²) in [5.74, 6) is 0.429. The number of hydrogen-bond acceptors (Lipinski definition) is 17. The predicted molar refractivity (Wildman–Crippen MR) is 154 cm³/mol. The molecule has 0 aromatic carbocycles. The summed E-state index contributed by atoms with van der Waals surface area (Å²) >= 11 is 0. The summed E-state index contributed by atoms with van der Waals surface area (Å²) in [6, 6.07) is 0. The maximum Gasteiger partial charge on any atom is 3.00 e. The molecular formula is C20H44N7O17Tb. The summed E-state index contributed by atoms with van der Waals surface area (Å²) in [4.78, 5) is 79.7. The Labute approximate surface area is 288 Å². The van der Waals surface area contributed by atoms with Gasteiger partial charge in [-0.3, -0.25) is 38.8 Å². The zero-order valence-electron chi connectivity index (χ0n) is 25.3. The van der Waals surface area contributed by atoms with Crippen molar-refractivity contribution in [3.63, 3.8) is 0 Å². The van der Waals surface area contributed by atoms with Crippen LogP contribution >= 0.6 is 0 Å². The second-order valence-corrected chi connectivity index (χ2v) is 8.58. The van der Waals surface area contributed by atoms with E-state index in [1.54, 1.807) is 27.7 Å². The maximum atomic E-state index is 11.6. The van der Waals surface area contributed by atoms with E-state index in [2.05, 4.69) is 19.6 Å². The van der Waals surface area contributed by atoms with Gasteiger partial charge in [-0.2, -0.15) is 0 Å². The van der Waals surface area contributed by atoms with Gasteiger partial charge in [0.1, 0.15) is 23.1 Å². The number of nitrogens with zero attached hydrogens (tertiary/aromatic N) is 7. The van der Waals surface area contributed by atoms with Crippen LogP contribution in [-0.2, 0) is 19.2 Å². The van der Waals surface area contributed by atoms with Crippen molar-refractivity contribution in [1.29, 1.82) is 0 Å². The van der Waals surface area contributed by atoms with Gasteiger partial charge >= 0.3 is 38.6 Å². The van der Waals surface area contributed by atoms with Gasteiger partial charge in [0.15, 0.2) is 0 Å². The minimum atomic E-state index is -1.75. The molecule has 0 bridgehead atoms. The first-order valence-corrected chi connectivity index (χ1v) is 11.7. The number of carbonyl (C=O) groups excluding carboxylic acids is 4. The molecule has 8 N–H and O–H groups in total. The van der Waals surface area contributed by atoms with E-state index < -0.39 is 15.3 Å². The fraction of sp³-hybridized carbons (Fsp3) is 0.800. The Bertz CT molecular complexity index is 689. The Balaban J connectivity index is -0.000000115. The standard InChI is InChI=1S/C20H36N4O4.3NO3.4H2O.Tb/c1-17(25)13-21-5-7-22(14-18(2)26)9-11-24(16-20(4)28)12-10-23(8-6-21)15-19(3)27;3*2-1(3)4;;;;;/h5-16H2,1-4H3;;;;4*1H2;/q;3*-1;;;;;+3. The molecule has 0 aromatic rings. The first kappa shape index (κ1) is 61.3. The van der Waals surface area contributed by atoms with Gasteiger partial charge in [-0.15, -0.1) is 0 Å². The molecule has 0 spiro atoms. The van der Waals surface area contributed by atoms with Crippen molar-refractivity contribution in [2.45, 2.75) is 27.7 Å². The molecule has 0 aromatic heterocycles. The fourth-order valence-corrected chi connectivity index (χ4v) is 3.47. The van der Waals surface area contributed by atoms with Crippen LogP contribution < -0.4 is 0 Å². The molecule has 1 fully saturated rings. The molecule has 0 saturated carbocycles. The molecule has 1 aliphatic heterocycles. The molecule has 0 atom stereocenters. The van der Waals surface area contributed by atoms with Crippen LogP contribution in [-0.4, -0.2) is 158 Å². The van der Waals surface area contributed by atoms with Crippen LogP contribution in [0.4, 0.5) is 0 Å². The van der Waals surface area contributed by atoms with E-state index in [0.717, 1.165) is 0 Å². The monoisotopic (exact) mass is 813 g/mol. The van der Waals surface area contributed by atoms with E-state index in [1.165, 1.54) is 0 Å². The van der Waals surface area contributed by atoms with Gasteiger partial charge in [0.05, 0.1) is 41.4 Å². The average molecular weight is 814 g/mol. The van der Waals surface area contributed by atoms with Crippen molar-refractivity contribution >= 4 is 23.1 Å². The third-order valence-electron chi connectivity index (χ3n) is 4.71. The van der Waals surface area contributed by atoms with Gasteiger partial charge in [0.2, 0.25) is 0 Å². The normalized spacial score (nSPS) is 13.8. The molecule has 1 rings (SSSR count). The Hall–Kier alpha value is -2.75. The molecule has 1 saturated heterocycles. The summed E-state index contributed by atoms with van der Waals surface area (Å²) in [6.45, 7) is 13.3. The smallest absolute Gasteiger partial charge is 0.412 e. The maximum absolute atomic E-state index is 11.6. The van der Waals surface area contributed by atoms with Gasteiger partial charge in [-0.05, 0) is 27.7 Å². The van der Waals surface area contributed by atoms with E-state index >= 15 is 0 Å². The fourth-order valence-electron chi connectivity index (χ4n) is 3.47. The van der Waals surface area contributed by atoms with E-state index in [0.29, 0.717) is 78.5 Å². The Kier molecular flexibility index (Phi) is 51.0. The molecule has 1 heterocycles. The quantitative estimate of drug-likeness (QED) is 0.165. The van der Waals surface area contributed by atoms with Crippen LogP contribution in [0.1, 0.15) is 27.7 Å². The van der Waals surface area contributed by atoms with Crippen LogP contribution in [0.15, 0.2) is 0 Å². The summed E-state index contributed by atoms with van der Waals surface area (Å²) in [5.41, 5.74) is 0. The van der Waals surface area contributed by atoms with Crippen LogP contribution in [0.2, 0.25) is 0 Å². The summed E-state index contributed by atoms with van der Waals surface area (Å²) in [7, 11) is 0. The van der Waals surface area contributed by atoms with Crippen molar-refractivity contribution < 1.29 is 95.0 Å². The van der Waals surface area contributed by atoms with Crippen LogP contribution in [0.3, 0.4) is 0 Å². The average Bonchev–Trinajstić information content (AvgIpc) is 2.73. The Morgan fingerprint density at radius 2 is 0.511 bits per heavy atom. The third kappa shape index (κ3) is 57.5. The first-order valence-electron chi connectivity index (χ1n) is 11.7. The van der Waals surface area contributed by atoms with Crippen molar-refractivity contribution in [2.75, 3.05) is 78.5 Å². The van der Waals surface area contributed by atoms with Gasteiger partial charge in [0, 0.05) is 52.4 Å². The van der Waals surface area contributed by atoms with Crippen molar-refractivity contribution in [3.8, 4) is 0 Å². The van der Waals surface area contributed by atoms with Gasteiger partial charge in [-0.25, -0.2) is 0 Å². The Morgan fingerprint density at radius 3 is 0.578 bits per heavy atom. The van der Waals surface area contributed by atoms with Crippen LogP contribution in [0.25, 0.3) is 0 Å². The third-order valence-corrected chi connectivity index (χ3v) is 4.71. The molecule has 25 heteroatoms. The topological polar surface area (TPSA) is 406 Å². The molecule has 0 aliphatic carbocycles. The second kappa shape index (κ2) is 37.4. The number of hydrogen-bond donors (Lipinski definition) is 0. The zero-order valence-corrected chi connectivity index (χ0v) is 27.4.